The molecule has 0 saturated carbocycles. The summed E-state index contributed by atoms with van der Waals surface area (Å²) in [4.78, 5) is 16.4. The van der Waals surface area contributed by atoms with Crippen LogP contribution in [0.5, 0.6) is 5.75 Å². The molecular formula is C18H13N5O2. The van der Waals surface area contributed by atoms with Crippen LogP contribution in [0.4, 0.5) is 5.95 Å². The van der Waals surface area contributed by atoms with Crippen molar-refractivity contribution in [2.24, 2.45) is 0 Å². The molecule has 0 unspecified atom stereocenters. The molecule has 25 heavy (non-hydrogen) atoms. The number of fused-ring (bicyclic) bond motifs is 1. The predicted octanol–water partition coefficient (Wildman–Crippen LogP) is 3.69. The molecule has 3 aromatic heterocycles. The fraction of sp³-hybridized carbons (Fsp3) is 0.111. The number of hydrogen-bond acceptors (Lipinski definition) is 5. The van der Waals surface area contributed by atoms with Crippen LogP contribution in [0.1, 0.15) is 5.56 Å². The van der Waals surface area contributed by atoms with E-state index in [1.807, 2.05) is 28.8 Å². The summed E-state index contributed by atoms with van der Waals surface area (Å²) >= 11 is 0. The average Bonchev–Trinajstić information content (AvgIpc) is 3.32. The lowest BCUT2D eigenvalue weighted by Gasteiger charge is -2.05. The summed E-state index contributed by atoms with van der Waals surface area (Å²) in [5.41, 5.74) is 2.80. The first-order chi connectivity index (χ1) is 12.3. The third-order valence-electron chi connectivity index (χ3n) is 3.82. The van der Waals surface area contributed by atoms with Crippen LogP contribution in [0.3, 0.4) is 0 Å². The summed E-state index contributed by atoms with van der Waals surface area (Å²) in [5.74, 6) is 1.43. The maximum absolute atomic E-state index is 7.26. The van der Waals surface area contributed by atoms with Crippen LogP contribution in [0.15, 0.2) is 53.4 Å². The van der Waals surface area contributed by atoms with Crippen LogP contribution in [-0.4, -0.2) is 26.6 Å². The Balaban J connectivity index is 1.80. The molecule has 122 valence electrons. The fourth-order valence-corrected chi connectivity index (χ4v) is 2.61. The highest BCUT2D eigenvalue weighted by Crippen LogP contribution is 2.28. The van der Waals surface area contributed by atoms with E-state index in [4.69, 9.17) is 15.7 Å². The van der Waals surface area contributed by atoms with E-state index >= 15 is 0 Å². The number of ether oxygens (including phenoxy) is 1. The molecule has 0 spiro atoms. The van der Waals surface area contributed by atoms with Gasteiger partial charge in [-0.1, -0.05) is 12.1 Å². The van der Waals surface area contributed by atoms with Gasteiger partial charge in [-0.25, -0.2) is 4.98 Å². The van der Waals surface area contributed by atoms with E-state index in [9.17, 15) is 0 Å². The first-order valence-corrected chi connectivity index (χ1v) is 7.55. The molecule has 0 amide bonds. The van der Waals surface area contributed by atoms with Crippen LogP contribution < -0.4 is 4.74 Å². The van der Waals surface area contributed by atoms with Gasteiger partial charge >= 0.3 is 5.95 Å². The van der Waals surface area contributed by atoms with Gasteiger partial charge in [-0.05, 0) is 29.8 Å². The van der Waals surface area contributed by atoms with Gasteiger partial charge in [0.1, 0.15) is 5.75 Å². The van der Waals surface area contributed by atoms with Crippen LogP contribution in [-0.2, 0) is 6.54 Å². The first-order valence-electron chi connectivity index (χ1n) is 7.55. The Morgan fingerprint density at radius 2 is 2.04 bits per heavy atom. The van der Waals surface area contributed by atoms with Crippen LogP contribution >= 0.6 is 0 Å². The van der Waals surface area contributed by atoms with Gasteiger partial charge in [-0.2, -0.15) is 0 Å². The highest BCUT2D eigenvalue weighted by Gasteiger charge is 2.20. The molecule has 0 N–H and O–H groups in total. The lowest BCUT2D eigenvalue weighted by atomic mass is 10.2. The zero-order valence-electron chi connectivity index (χ0n) is 13.4. The van der Waals surface area contributed by atoms with Crippen LogP contribution in [0.25, 0.3) is 27.5 Å². The summed E-state index contributed by atoms with van der Waals surface area (Å²) < 4.78 is 12.5. The van der Waals surface area contributed by atoms with Crippen molar-refractivity contribution in [3.8, 4) is 17.2 Å². The van der Waals surface area contributed by atoms with Crippen molar-refractivity contribution < 1.29 is 9.15 Å². The van der Waals surface area contributed by atoms with E-state index in [1.54, 1.807) is 31.8 Å². The number of aromatic nitrogens is 4. The lowest BCUT2D eigenvalue weighted by Crippen LogP contribution is -2.00. The Morgan fingerprint density at radius 1 is 1.20 bits per heavy atom. The Morgan fingerprint density at radius 3 is 2.72 bits per heavy atom. The van der Waals surface area contributed by atoms with Crippen molar-refractivity contribution in [1.29, 1.82) is 0 Å². The van der Waals surface area contributed by atoms with Crippen molar-refractivity contribution in [2.45, 2.75) is 6.54 Å². The minimum atomic E-state index is 0.0652. The SMILES string of the molecule is [C-]#[N+]c1nc(-c2ccco2)c2ncn(Cc3ccc(OC)cc3)c2n1. The van der Waals surface area contributed by atoms with Gasteiger partial charge in [0.15, 0.2) is 17.0 Å². The normalized spacial score (nSPS) is 10.7. The Labute approximate surface area is 143 Å². The number of nitrogens with zero attached hydrogens (tertiary/aromatic N) is 5. The molecular weight excluding hydrogens is 318 g/mol. The molecule has 0 radical (unpaired) electrons. The highest BCUT2D eigenvalue weighted by molar-refractivity contribution is 5.86. The number of rotatable bonds is 4. The molecule has 0 aliphatic heterocycles. The van der Waals surface area contributed by atoms with Gasteiger partial charge in [0.05, 0.1) is 26.2 Å². The molecule has 4 rings (SSSR count). The second-order valence-corrected chi connectivity index (χ2v) is 5.35. The minimum absolute atomic E-state index is 0.0652. The van der Waals surface area contributed by atoms with E-state index < -0.39 is 0 Å². The van der Waals surface area contributed by atoms with Crippen molar-refractivity contribution in [1.82, 2.24) is 19.5 Å². The largest absolute Gasteiger partial charge is 0.497 e. The average molecular weight is 331 g/mol. The molecule has 7 nitrogen and oxygen atoms in total. The van der Waals surface area contributed by atoms with E-state index in [0.717, 1.165) is 11.3 Å². The molecule has 0 bridgehead atoms. The van der Waals surface area contributed by atoms with Crippen molar-refractivity contribution >= 4 is 17.1 Å². The van der Waals surface area contributed by atoms with Gasteiger partial charge < -0.3 is 14.0 Å². The van der Waals surface area contributed by atoms with Crippen molar-refractivity contribution in [3.05, 3.63) is 66.0 Å². The molecule has 0 aliphatic rings. The molecule has 3 heterocycles. The lowest BCUT2D eigenvalue weighted by molar-refractivity contribution is 0.414. The number of benzene rings is 1. The standard InChI is InChI=1S/C18H13N5O2/c1-19-18-21-15(14-4-3-9-25-14)16-17(22-18)23(11-20-16)10-12-5-7-13(24-2)8-6-12/h3-9,11H,10H2,2H3. The zero-order chi connectivity index (χ0) is 17.2. The predicted molar refractivity (Wildman–Crippen MR) is 91.4 cm³/mol. The fourth-order valence-electron chi connectivity index (χ4n) is 2.61. The molecule has 1 aromatic carbocycles. The third-order valence-corrected chi connectivity index (χ3v) is 3.82. The Hall–Kier alpha value is -3.66. The summed E-state index contributed by atoms with van der Waals surface area (Å²) in [6.45, 7) is 7.83. The summed E-state index contributed by atoms with van der Waals surface area (Å²) in [6, 6.07) is 11.3. The number of imidazole rings is 1. The Bertz CT molecular complexity index is 1060. The van der Waals surface area contributed by atoms with Gasteiger partial charge in [-0.3, -0.25) is 4.57 Å². The van der Waals surface area contributed by atoms with E-state index in [-0.39, 0.29) is 5.95 Å². The van der Waals surface area contributed by atoms with Gasteiger partial charge in [-0.15, -0.1) is 16.5 Å². The second-order valence-electron chi connectivity index (χ2n) is 5.35. The highest BCUT2D eigenvalue weighted by atomic mass is 16.5. The number of furan rings is 1. The zero-order valence-corrected chi connectivity index (χ0v) is 13.4. The summed E-state index contributed by atoms with van der Waals surface area (Å²) in [7, 11) is 1.64. The maximum Gasteiger partial charge on any atom is 0.374 e. The third kappa shape index (κ3) is 2.70. The topological polar surface area (TPSA) is 70.3 Å². The van der Waals surface area contributed by atoms with Crippen molar-refractivity contribution in [2.75, 3.05) is 7.11 Å². The van der Waals surface area contributed by atoms with Gasteiger partial charge in [0, 0.05) is 0 Å². The number of methoxy groups -OCH3 is 1. The molecule has 7 heteroatoms. The van der Waals surface area contributed by atoms with Gasteiger partial charge in [0.25, 0.3) is 0 Å². The van der Waals surface area contributed by atoms with Crippen LogP contribution in [0, 0.1) is 6.57 Å². The molecule has 0 fully saturated rings. The quantitative estimate of drug-likeness (QED) is 0.533. The minimum Gasteiger partial charge on any atom is -0.497 e. The smallest absolute Gasteiger partial charge is 0.374 e. The Kier molecular flexibility index (Phi) is 3.63. The van der Waals surface area contributed by atoms with Gasteiger partial charge in [0.2, 0.25) is 5.65 Å². The molecule has 4 aromatic rings. The summed E-state index contributed by atoms with van der Waals surface area (Å²) in [6.07, 6.45) is 3.26. The van der Waals surface area contributed by atoms with E-state index in [0.29, 0.717) is 29.2 Å². The maximum atomic E-state index is 7.26. The van der Waals surface area contributed by atoms with Crippen molar-refractivity contribution in [3.63, 3.8) is 0 Å². The molecule has 0 saturated heterocycles. The monoisotopic (exact) mass is 331 g/mol. The summed E-state index contributed by atoms with van der Waals surface area (Å²) in [5, 5.41) is 0. The van der Waals surface area contributed by atoms with E-state index in [1.165, 1.54) is 0 Å². The molecule has 0 aliphatic carbocycles. The van der Waals surface area contributed by atoms with Crippen LogP contribution in [0.2, 0.25) is 0 Å². The molecule has 0 atom stereocenters. The first kappa shape index (κ1) is 14.9. The van der Waals surface area contributed by atoms with E-state index in [2.05, 4.69) is 19.8 Å². The second kappa shape index (κ2) is 6.09. The number of hydrogen-bond donors (Lipinski definition) is 0.